The molecule has 1 unspecified atom stereocenters. The fourth-order valence-electron chi connectivity index (χ4n) is 2.29. The average molecular weight is 318 g/mol. The van der Waals surface area contributed by atoms with Crippen LogP contribution in [-0.2, 0) is 16.1 Å². The molecular formula is C19H30N2O2. The van der Waals surface area contributed by atoms with Crippen LogP contribution in [0.4, 0.5) is 0 Å². The Morgan fingerprint density at radius 1 is 1.04 bits per heavy atom. The highest BCUT2D eigenvalue weighted by atomic mass is 16.2. The van der Waals surface area contributed by atoms with Crippen molar-refractivity contribution in [1.29, 1.82) is 0 Å². The van der Waals surface area contributed by atoms with Crippen LogP contribution in [0.3, 0.4) is 0 Å². The topological polar surface area (TPSA) is 49.4 Å². The molecule has 1 rings (SSSR count). The lowest BCUT2D eigenvalue weighted by Crippen LogP contribution is -2.49. The normalized spacial score (nSPS) is 12.3. The zero-order valence-corrected chi connectivity index (χ0v) is 15.0. The van der Waals surface area contributed by atoms with E-state index in [9.17, 15) is 9.59 Å². The van der Waals surface area contributed by atoms with Crippen LogP contribution in [0.15, 0.2) is 30.3 Å². The first-order valence-electron chi connectivity index (χ1n) is 8.45. The second kappa shape index (κ2) is 9.33. The molecule has 0 aliphatic carbocycles. The second-order valence-electron chi connectivity index (χ2n) is 6.76. The summed E-state index contributed by atoms with van der Waals surface area (Å²) < 4.78 is 0. The molecule has 0 heterocycles. The van der Waals surface area contributed by atoms with E-state index in [2.05, 4.69) is 19.2 Å². The molecule has 0 saturated carbocycles. The van der Waals surface area contributed by atoms with Crippen molar-refractivity contribution in [3.05, 3.63) is 35.9 Å². The molecule has 0 fully saturated rings. The summed E-state index contributed by atoms with van der Waals surface area (Å²) in [5.74, 6) is 0.323. The minimum Gasteiger partial charge on any atom is -0.354 e. The first-order chi connectivity index (χ1) is 10.8. The van der Waals surface area contributed by atoms with Gasteiger partial charge in [-0.15, -0.1) is 0 Å². The van der Waals surface area contributed by atoms with Gasteiger partial charge in [-0.25, -0.2) is 0 Å². The molecule has 0 aromatic heterocycles. The molecule has 1 aromatic rings. The van der Waals surface area contributed by atoms with Crippen molar-refractivity contribution >= 4 is 11.8 Å². The SMILES string of the molecule is CC(C)CCNC(=O)C(C)N(Cc1ccccc1)C(=O)C(C)C. The van der Waals surface area contributed by atoms with E-state index in [0.29, 0.717) is 19.0 Å². The standard InChI is InChI=1S/C19H30N2O2/c1-14(2)11-12-20-18(22)16(5)21(19(23)15(3)4)13-17-9-7-6-8-10-17/h6-10,14-16H,11-13H2,1-5H3,(H,20,22). The number of hydrogen-bond acceptors (Lipinski definition) is 2. The Morgan fingerprint density at radius 3 is 2.17 bits per heavy atom. The van der Waals surface area contributed by atoms with Crippen molar-refractivity contribution in [1.82, 2.24) is 10.2 Å². The van der Waals surface area contributed by atoms with E-state index in [4.69, 9.17) is 0 Å². The lowest BCUT2D eigenvalue weighted by Gasteiger charge is -2.30. The minimum atomic E-state index is -0.475. The molecule has 1 aromatic carbocycles. The van der Waals surface area contributed by atoms with E-state index >= 15 is 0 Å². The number of amides is 2. The van der Waals surface area contributed by atoms with Gasteiger partial charge in [-0.2, -0.15) is 0 Å². The van der Waals surface area contributed by atoms with Gasteiger partial charge >= 0.3 is 0 Å². The van der Waals surface area contributed by atoms with Crippen LogP contribution in [-0.4, -0.2) is 29.3 Å². The van der Waals surface area contributed by atoms with Gasteiger partial charge in [-0.3, -0.25) is 9.59 Å². The molecule has 128 valence electrons. The monoisotopic (exact) mass is 318 g/mol. The molecule has 0 saturated heterocycles. The molecular weight excluding hydrogens is 288 g/mol. The number of nitrogens with one attached hydrogen (secondary N) is 1. The van der Waals surface area contributed by atoms with Gasteiger partial charge in [-0.1, -0.05) is 58.0 Å². The highest BCUT2D eigenvalue weighted by Crippen LogP contribution is 2.13. The number of carbonyl (C=O) groups excluding carboxylic acids is 2. The molecule has 0 aliphatic heterocycles. The Balaban J connectivity index is 2.78. The first-order valence-corrected chi connectivity index (χ1v) is 8.45. The minimum absolute atomic E-state index is 0.000336. The van der Waals surface area contributed by atoms with E-state index in [1.165, 1.54) is 0 Å². The fourth-order valence-corrected chi connectivity index (χ4v) is 2.29. The average Bonchev–Trinajstić information content (AvgIpc) is 2.51. The smallest absolute Gasteiger partial charge is 0.242 e. The summed E-state index contributed by atoms with van der Waals surface area (Å²) in [6, 6.07) is 9.31. The maximum Gasteiger partial charge on any atom is 0.242 e. The summed E-state index contributed by atoms with van der Waals surface area (Å²) in [6.07, 6.45) is 0.940. The molecule has 2 amide bonds. The van der Waals surface area contributed by atoms with Crippen LogP contribution in [0.1, 0.15) is 46.6 Å². The van der Waals surface area contributed by atoms with Gasteiger partial charge in [0.1, 0.15) is 6.04 Å². The third-order valence-electron chi connectivity index (χ3n) is 3.84. The number of hydrogen-bond donors (Lipinski definition) is 1. The third-order valence-corrected chi connectivity index (χ3v) is 3.84. The largest absolute Gasteiger partial charge is 0.354 e. The molecule has 4 nitrogen and oxygen atoms in total. The highest BCUT2D eigenvalue weighted by Gasteiger charge is 2.27. The summed E-state index contributed by atoms with van der Waals surface area (Å²) in [6.45, 7) is 10.9. The molecule has 0 aliphatic rings. The Morgan fingerprint density at radius 2 is 1.65 bits per heavy atom. The fraction of sp³-hybridized carbons (Fsp3) is 0.579. The van der Waals surface area contributed by atoms with Crippen molar-refractivity contribution in [2.45, 2.75) is 53.6 Å². The van der Waals surface area contributed by atoms with Crippen LogP contribution >= 0.6 is 0 Å². The molecule has 1 N–H and O–H groups in total. The second-order valence-corrected chi connectivity index (χ2v) is 6.76. The van der Waals surface area contributed by atoms with Gasteiger partial charge in [0, 0.05) is 19.0 Å². The maximum atomic E-state index is 12.5. The van der Waals surface area contributed by atoms with Gasteiger partial charge in [0.15, 0.2) is 0 Å². The summed E-state index contributed by atoms with van der Waals surface area (Å²) in [4.78, 5) is 26.6. The van der Waals surface area contributed by atoms with Crippen molar-refractivity contribution < 1.29 is 9.59 Å². The number of rotatable bonds is 8. The Bertz CT molecular complexity index is 497. The number of carbonyl (C=O) groups is 2. The summed E-state index contributed by atoms with van der Waals surface area (Å²) in [5, 5.41) is 2.94. The third kappa shape index (κ3) is 6.43. The molecule has 0 spiro atoms. The van der Waals surface area contributed by atoms with Crippen LogP contribution in [0.5, 0.6) is 0 Å². The van der Waals surface area contributed by atoms with Crippen LogP contribution < -0.4 is 5.32 Å². The summed E-state index contributed by atoms with van der Waals surface area (Å²) in [7, 11) is 0. The lowest BCUT2D eigenvalue weighted by atomic mass is 10.1. The Labute approximate surface area is 140 Å². The van der Waals surface area contributed by atoms with Crippen molar-refractivity contribution in [2.75, 3.05) is 6.54 Å². The first kappa shape index (κ1) is 19.2. The van der Waals surface area contributed by atoms with Crippen molar-refractivity contribution in [2.24, 2.45) is 11.8 Å². The lowest BCUT2D eigenvalue weighted by molar-refractivity contribution is -0.143. The van der Waals surface area contributed by atoms with Crippen LogP contribution in [0.25, 0.3) is 0 Å². The zero-order valence-electron chi connectivity index (χ0n) is 15.0. The highest BCUT2D eigenvalue weighted by molar-refractivity contribution is 5.88. The zero-order chi connectivity index (χ0) is 17.4. The molecule has 23 heavy (non-hydrogen) atoms. The summed E-state index contributed by atoms with van der Waals surface area (Å²) in [5.41, 5.74) is 1.03. The number of nitrogens with zero attached hydrogens (tertiary/aromatic N) is 1. The van der Waals surface area contributed by atoms with Gasteiger partial charge in [-0.05, 0) is 24.8 Å². The van der Waals surface area contributed by atoms with Gasteiger partial charge in [0.05, 0.1) is 0 Å². The van der Waals surface area contributed by atoms with Gasteiger partial charge < -0.3 is 10.2 Å². The predicted molar refractivity (Wildman–Crippen MR) is 93.8 cm³/mol. The van der Waals surface area contributed by atoms with Crippen molar-refractivity contribution in [3.63, 3.8) is 0 Å². The quantitative estimate of drug-likeness (QED) is 0.800. The van der Waals surface area contributed by atoms with Crippen LogP contribution in [0.2, 0.25) is 0 Å². The Hall–Kier alpha value is -1.84. The predicted octanol–water partition coefficient (Wildman–Crippen LogP) is 3.22. The molecule has 1 atom stereocenters. The van der Waals surface area contributed by atoms with Crippen LogP contribution in [0, 0.1) is 11.8 Å². The number of benzene rings is 1. The molecule has 0 bridgehead atoms. The molecule has 4 heteroatoms. The van der Waals surface area contributed by atoms with E-state index in [1.807, 2.05) is 44.2 Å². The van der Waals surface area contributed by atoms with E-state index in [0.717, 1.165) is 12.0 Å². The summed E-state index contributed by atoms with van der Waals surface area (Å²) >= 11 is 0. The van der Waals surface area contributed by atoms with Gasteiger partial charge in [0.25, 0.3) is 0 Å². The Kier molecular flexibility index (Phi) is 7.79. The van der Waals surface area contributed by atoms with E-state index in [1.54, 1.807) is 11.8 Å². The van der Waals surface area contributed by atoms with Gasteiger partial charge in [0.2, 0.25) is 11.8 Å². The van der Waals surface area contributed by atoms with E-state index in [-0.39, 0.29) is 17.7 Å². The van der Waals surface area contributed by atoms with Crippen molar-refractivity contribution in [3.8, 4) is 0 Å². The maximum absolute atomic E-state index is 12.5. The van der Waals surface area contributed by atoms with E-state index < -0.39 is 6.04 Å². The molecule has 0 radical (unpaired) electrons.